The summed E-state index contributed by atoms with van der Waals surface area (Å²) in [5, 5.41) is 2.72. The summed E-state index contributed by atoms with van der Waals surface area (Å²) in [6.45, 7) is 4.15. The van der Waals surface area contributed by atoms with Gasteiger partial charge in [-0.3, -0.25) is 9.69 Å². The summed E-state index contributed by atoms with van der Waals surface area (Å²) in [6.07, 6.45) is 1.56. The number of carbonyl (C=O) groups is 2. The number of urea groups is 1. The van der Waals surface area contributed by atoms with Gasteiger partial charge >= 0.3 is 6.03 Å². The van der Waals surface area contributed by atoms with Crippen LogP contribution in [0.3, 0.4) is 0 Å². The smallest absolute Gasteiger partial charge is 0.343 e. The molecule has 1 heterocycles. The van der Waals surface area contributed by atoms with Crippen molar-refractivity contribution in [3.05, 3.63) is 54.1 Å². The third-order valence-corrected chi connectivity index (χ3v) is 6.28. The molecule has 2 aromatic rings. The number of nitrogens with one attached hydrogen (secondary N) is 1. The highest BCUT2D eigenvalue weighted by molar-refractivity contribution is 7.94. The van der Waals surface area contributed by atoms with Crippen LogP contribution < -0.4 is 14.5 Å². The Morgan fingerprint density at radius 1 is 1.04 bits per heavy atom. The van der Waals surface area contributed by atoms with Crippen molar-refractivity contribution in [1.82, 2.24) is 5.32 Å². The zero-order valence-corrected chi connectivity index (χ0v) is 16.7. The van der Waals surface area contributed by atoms with Gasteiger partial charge in [0.15, 0.2) is 0 Å². The summed E-state index contributed by atoms with van der Waals surface area (Å²) in [5.74, 6) is -0.342. The molecular weight excluding hydrogens is 378 g/mol. The monoisotopic (exact) mass is 401 g/mol. The molecule has 0 spiro atoms. The van der Waals surface area contributed by atoms with E-state index in [1.54, 1.807) is 36.4 Å². The molecule has 0 saturated carbocycles. The van der Waals surface area contributed by atoms with Crippen molar-refractivity contribution >= 4 is 33.3 Å². The van der Waals surface area contributed by atoms with E-state index >= 15 is 0 Å². The lowest BCUT2D eigenvalue weighted by molar-refractivity contribution is -0.119. The normalized spacial score (nSPS) is 15.3. The number of carbonyl (C=O) groups excluding carboxylic acids is 2. The molecule has 28 heavy (non-hydrogen) atoms. The number of para-hydroxylation sites is 1. The quantitative estimate of drug-likeness (QED) is 0.806. The van der Waals surface area contributed by atoms with Crippen LogP contribution >= 0.6 is 0 Å². The third kappa shape index (κ3) is 3.60. The predicted molar refractivity (Wildman–Crippen MR) is 108 cm³/mol. The number of hydrogen-bond acceptors (Lipinski definition) is 4. The van der Waals surface area contributed by atoms with Gasteiger partial charge in [-0.2, -0.15) is 4.31 Å². The Morgan fingerprint density at radius 3 is 2.36 bits per heavy atom. The van der Waals surface area contributed by atoms with E-state index in [-0.39, 0.29) is 28.7 Å². The molecule has 2 aromatic carbocycles. The Balaban J connectivity index is 2.06. The average molecular weight is 401 g/mol. The fourth-order valence-electron chi connectivity index (χ4n) is 3.05. The molecule has 0 saturated heterocycles. The molecule has 0 aliphatic carbocycles. The van der Waals surface area contributed by atoms with Crippen molar-refractivity contribution in [2.75, 3.05) is 22.3 Å². The third-order valence-electron chi connectivity index (χ3n) is 4.53. The number of aryl methyl sites for hydroxylation is 1. The number of benzene rings is 2. The zero-order valence-electron chi connectivity index (χ0n) is 15.9. The molecule has 0 radical (unpaired) electrons. The summed E-state index contributed by atoms with van der Waals surface area (Å²) in [4.78, 5) is 26.6. The van der Waals surface area contributed by atoms with Crippen LogP contribution in [0.5, 0.6) is 0 Å². The van der Waals surface area contributed by atoms with Crippen molar-refractivity contribution in [2.24, 2.45) is 0 Å². The first-order valence-corrected chi connectivity index (χ1v) is 10.7. The Bertz CT molecular complexity index is 987. The molecule has 3 amide bonds. The van der Waals surface area contributed by atoms with E-state index in [0.29, 0.717) is 6.54 Å². The minimum atomic E-state index is -4.08. The second-order valence-corrected chi connectivity index (χ2v) is 8.23. The van der Waals surface area contributed by atoms with Crippen molar-refractivity contribution in [1.29, 1.82) is 0 Å². The summed E-state index contributed by atoms with van der Waals surface area (Å²) in [7, 11) is -4.08. The molecule has 0 bridgehead atoms. The summed E-state index contributed by atoms with van der Waals surface area (Å²) in [5.41, 5.74) is 1.48. The number of sulfonamides is 1. The van der Waals surface area contributed by atoms with Crippen LogP contribution in [0.1, 0.15) is 25.8 Å². The Morgan fingerprint density at radius 2 is 1.71 bits per heavy atom. The predicted octanol–water partition coefficient (Wildman–Crippen LogP) is 2.91. The van der Waals surface area contributed by atoms with Crippen LogP contribution in [0, 0.1) is 0 Å². The minimum Gasteiger partial charge on any atom is -0.355 e. The van der Waals surface area contributed by atoms with Crippen LogP contribution in [0.4, 0.5) is 16.2 Å². The first kappa shape index (κ1) is 19.9. The molecule has 0 aromatic heterocycles. The number of fused-ring (bicyclic) bond motifs is 1. The number of rotatable bonds is 6. The Hall–Kier alpha value is -2.87. The molecule has 0 unspecified atom stereocenters. The second-order valence-electron chi connectivity index (χ2n) is 6.48. The van der Waals surface area contributed by atoms with Crippen molar-refractivity contribution in [3.63, 3.8) is 0 Å². The molecule has 1 aliphatic rings. The Kier molecular flexibility index (Phi) is 5.69. The van der Waals surface area contributed by atoms with E-state index in [0.717, 1.165) is 22.7 Å². The highest BCUT2D eigenvalue weighted by Gasteiger charge is 2.42. The van der Waals surface area contributed by atoms with Gasteiger partial charge in [0.1, 0.15) is 11.4 Å². The van der Waals surface area contributed by atoms with Gasteiger partial charge in [-0.05, 0) is 42.7 Å². The lowest BCUT2D eigenvalue weighted by Crippen LogP contribution is -2.53. The van der Waals surface area contributed by atoms with E-state index in [4.69, 9.17) is 0 Å². The molecule has 1 aliphatic heterocycles. The van der Waals surface area contributed by atoms with E-state index in [1.807, 2.05) is 13.8 Å². The summed E-state index contributed by atoms with van der Waals surface area (Å²) >= 11 is 0. The number of hydrogen-bond donors (Lipinski definition) is 1. The SMILES string of the molecule is CCCNC(=O)CN1C(=O)N(c2ccc(CC)cc2)S(=O)(=O)c2ccccc21. The van der Waals surface area contributed by atoms with Crippen LogP contribution in [-0.4, -0.2) is 33.4 Å². The van der Waals surface area contributed by atoms with Gasteiger partial charge in [0.2, 0.25) is 5.91 Å². The second kappa shape index (κ2) is 8.02. The Labute approximate surface area is 165 Å². The van der Waals surface area contributed by atoms with Crippen LogP contribution in [-0.2, 0) is 21.2 Å². The zero-order chi connectivity index (χ0) is 20.3. The van der Waals surface area contributed by atoms with Gasteiger partial charge in [0.05, 0.1) is 11.4 Å². The maximum Gasteiger partial charge on any atom is 0.343 e. The van der Waals surface area contributed by atoms with Gasteiger partial charge in [-0.15, -0.1) is 0 Å². The van der Waals surface area contributed by atoms with E-state index in [9.17, 15) is 18.0 Å². The number of anilines is 2. The molecular formula is C20H23N3O4S. The fourth-order valence-corrected chi connectivity index (χ4v) is 4.64. The van der Waals surface area contributed by atoms with Gasteiger partial charge in [-0.1, -0.05) is 38.1 Å². The summed E-state index contributed by atoms with van der Waals surface area (Å²) < 4.78 is 27.1. The van der Waals surface area contributed by atoms with Crippen LogP contribution in [0.2, 0.25) is 0 Å². The molecule has 3 rings (SSSR count). The first-order valence-electron chi connectivity index (χ1n) is 9.21. The van der Waals surface area contributed by atoms with Crippen molar-refractivity contribution in [3.8, 4) is 0 Å². The average Bonchev–Trinajstić information content (AvgIpc) is 2.70. The highest BCUT2D eigenvalue weighted by Crippen LogP contribution is 2.37. The van der Waals surface area contributed by atoms with Gasteiger partial charge in [0.25, 0.3) is 10.0 Å². The van der Waals surface area contributed by atoms with E-state index < -0.39 is 16.1 Å². The summed E-state index contributed by atoms with van der Waals surface area (Å²) in [6, 6.07) is 12.2. The van der Waals surface area contributed by atoms with Crippen molar-refractivity contribution in [2.45, 2.75) is 31.6 Å². The lowest BCUT2D eigenvalue weighted by Gasteiger charge is -2.35. The highest BCUT2D eigenvalue weighted by atomic mass is 32.2. The van der Waals surface area contributed by atoms with E-state index in [2.05, 4.69) is 5.32 Å². The molecule has 148 valence electrons. The van der Waals surface area contributed by atoms with Gasteiger partial charge in [-0.25, -0.2) is 13.2 Å². The topological polar surface area (TPSA) is 86.8 Å². The van der Waals surface area contributed by atoms with E-state index in [1.165, 1.54) is 17.0 Å². The van der Waals surface area contributed by atoms with Crippen molar-refractivity contribution < 1.29 is 18.0 Å². The fraction of sp³-hybridized carbons (Fsp3) is 0.300. The number of nitrogens with zero attached hydrogens (tertiary/aromatic N) is 2. The van der Waals surface area contributed by atoms with Gasteiger partial charge in [0, 0.05) is 6.54 Å². The lowest BCUT2D eigenvalue weighted by atomic mass is 10.1. The van der Waals surface area contributed by atoms with Gasteiger partial charge < -0.3 is 5.32 Å². The molecule has 7 nitrogen and oxygen atoms in total. The minimum absolute atomic E-state index is 0.00235. The molecule has 0 atom stereocenters. The molecule has 8 heteroatoms. The molecule has 0 fully saturated rings. The first-order chi connectivity index (χ1) is 13.4. The number of amides is 3. The van der Waals surface area contributed by atoms with Crippen LogP contribution in [0.25, 0.3) is 0 Å². The maximum atomic E-state index is 13.2. The maximum absolute atomic E-state index is 13.2. The largest absolute Gasteiger partial charge is 0.355 e. The molecule has 1 N–H and O–H groups in total. The van der Waals surface area contributed by atoms with Crippen LogP contribution in [0.15, 0.2) is 53.4 Å². The standard InChI is InChI=1S/C20H23N3O4S/c1-3-13-21-19(24)14-22-17-7-5-6-8-18(17)28(26,27)23(20(22)25)16-11-9-15(4-2)10-12-16/h5-12H,3-4,13-14H2,1-2H3,(H,21,24).